The van der Waals surface area contributed by atoms with E-state index in [1.165, 1.54) is 0 Å². The van der Waals surface area contributed by atoms with Gasteiger partial charge in [0, 0.05) is 18.0 Å². The van der Waals surface area contributed by atoms with Crippen LogP contribution >= 0.6 is 0 Å². The summed E-state index contributed by atoms with van der Waals surface area (Å²) < 4.78 is 0. The standard InChI is InChI=1S/C42H27N5/c43-27-35-9-4-5-11-39(35)33-16-18-34(19-17-33)40-25-37(29-7-2-1-3-8-29)26-41-42(40)46-47(45-41)38-22-20-31(21-23-38)30-12-14-32(15-13-30)36-10-6-24-44-28-36/h1-26,28H. The second-order valence-electron chi connectivity index (χ2n) is 11.3. The van der Waals surface area contributed by atoms with Crippen LogP contribution in [-0.2, 0) is 0 Å². The Bertz CT molecular complexity index is 2370. The van der Waals surface area contributed by atoms with Gasteiger partial charge in [-0.25, -0.2) is 0 Å². The first-order chi connectivity index (χ1) is 23.2. The molecule has 5 heteroatoms. The van der Waals surface area contributed by atoms with E-state index in [2.05, 4.69) is 114 Å². The minimum Gasteiger partial charge on any atom is -0.264 e. The van der Waals surface area contributed by atoms with Crippen molar-refractivity contribution in [3.05, 3.63) is 170 Å². The molecule has 0 aliphatic rings. The van der Waals surface area contributed by atoms with Gasteiger partial charge in [0.25, 0.3) is 0 Å². The Morgan fingerprint density at radius 3 is 1.72 bits per heavy atom. The van der Waals surface area contributed by atoms with Crippen LogP contribution < -0.4 is 0 Å². The highest BCUT2D eigenvalue weighted by atomic mass is 15.5. The van der Waals surface area contributed by atoms with Gasteiger partial charge in [-0.2, -0.15) is 10.1 Å². The van der Waals surface area contributed by atoms with E-state index in [0.717, 1.165) is 72.4 Å². The molecule has 47 heavy (non-hydrogen) atoms. The molecule has 0 atom stereocenters. The maximum absolute atomic E-state index is 9.62. The van der Waals surface area contributed by atoms with Gasteiger partial charge in [-0.15, -0.1) is 10.2 Å². The number of nitrogens with zero attached hydrogens (tertiary/aromatic N) is 5. The van der Waals surface area contributed by atoms with E-state index >= 15 is 0 Å². The molecule has 0 saturated heterocycles. The van der Waals surface area contributed by atoms with Gasteiger partial charge in [-0.1, -0.05) is 115 Å². The van der Waals surface area contributed by atoms with E-state index in [-0.39, 0.29) is 0 Å². The molecule has 0 saturated carbocycles. The Balaban J connectivity index is 1.16. The minimum absolute atomic E-state index is 0.657. The zero-order chi connectivity index (χ0) is 31.6. The van der Waals surface area contributed by atoms with Crippen molar-refractivity contribution in [2.45, 2.75) is 0 Å². The predicted octanol–water partition coefficient (Wildman–Crippen LogP) is 10.0. The van der Waals surface area contributed by atoms with Gasteiger partial charge in [-0.3, -0.25) is 4.98 Å². The molecule has 5 nitrogen and oxygen atoms in total. The number of hydrogen-bond acceptors (Lipinski definition) is 4. The number of pyridine rings is 1. The average Bonchev–Trinajstić information content (AvgIpc) is 3.60. The molecule has 0 fully saturated rings. The molecule has 0 aliphatic heterocycles. The van der Waals surface area contributed by atoms with Crippen LogP contribution in [0.3, 0.4) is 0 Å². The van der Waals surface area contributed by atoms with Crippen molar-refractivity contribution in [3.63, 3.8) is 0 Å². The molecule has 8 aromatic rings. The first-order valence-electron chi connectivity index (χ1n) is 15.4. The van der Waals surface area contributed by atoms with Gasteiger partial charge in [0.15, 0.2) is 0 Å². The van der Waals surface area contributed by atoms with Crippen molar-refractivity contribution in [3.8, 4) is 67.4 Å². The minimum atomic E-state index is 0.657. The van der Waals surface area contributed by atoms with Gasteiger partial charge < -0.3 is 0 Å². The van der Waals surface area contributed by atoms with Gasteiger partial charge in [0.1, 0.15) is 11.0 Å². The monoisotopic (exact) mass is 601 g/mol. The first kappa shape index (κ1) is 27.9. The highest BCUT2D eigenvalue weighted by Gasteiger charge is 2.15. The second kappa shape index (κ2) is 12.0. The molecule has 2 heterocycles. The number of aromatic nitrogens is 4. The molecule has 0 unspecified atom stereocenters. The third-order valence-electron chi connectivity index (χ3n) is 8.46. The van der Waals surface area contributed by atoms with E-state index < -0.39 is 0 Å². The third kappa shape index (κ3) is 5.45. The Labute approximate surface area is 272 Å². The van der Waals surface area contributed by atoms with Crippen LogP contribution in [-0.4, -0.2) is 20.0 Å². The molecule has 8 rings (SSSR count). The van der Waals surface area contributed by atoms with E-state index in [9.17, 15) is 5.26 Å². The quantitative estimate of drug-likeness (QED) is 0.190. The number of nitriles is 1. The van der Waals surface area contributed by atoms with Crippen LogP contribution in [0.15, 0.2) is 164 Å². The van der Waals surface area contributed by atoms with Crippen molar-refractivity contribution in [1.82, 2.24) is 20.0 Å². The van der Waals surface area contributed by atoms with Gasteiger partial charge in [-0.05, 0) is 86.5 Å². The van der Waals surface area contributed by atoms with Gasteiger partial charge >= 0.3 is 0 Å². The van der Waals surface area contributed by atoms with E-state index in [0.29, 0.717) is 5.56 Å². The number of fused-ring (bicyclic) bond motifs is 1. The Morgan fingerprint density at radius 1 is 0.468 bits per heavy atom. The molecule has 0 bridgehead atoms. The van der Waals surface area contributed by atoms with Gasteiger partial charge in [0.05, 0.1) is 17.3 Å². The number of hydrogen-bond donors (Lipinski definition) is 0. The summed E-state index contributed by atoms with van der Waals surface area (Å²) in [5, 5.41) is 19.6. The van der Waals surface area contributed by atoms with Crippen molar-refractivity contribution in [2.75, 3.05) is 0 Å². The van der Waals surface area contributed by atoms with Crippen molar-refractivity contribution in [1.29, 1.82) is 5.26 Å². The summed E-state index contributed by atoms with van der Waals surface area (Å²) in [5.74, 6) is 0. The molecule has 0 spiro atoms. The van der Waals surface area contributed by atoms with Crippen LogP contribution in [0.1, 0.15) is 5.56 Å². The fraction of sp³-hybridized carbons (Fsp3) is 0. The van der Waals surface area contributed by atoms with Crippen LogP contribution in [0, 0.1) is 11.3 Å². The largest absolute Gasteiger partial charge is 0.264 e. The lowest BCUT2D eigenvalue weighted by Gasteiger charge is -2.09. The van der Waals surface area contributed by atoms with Crippen LogP contribution in [0.2, 0.25) is 0 Å². The molecule has 2 aromatic heterocycles. The number of benzene rings is 6. The van der Waals surface area contributed by atoms with Crippen molar-refractivity contribution in [2.24, 2.45) is 0 Å². The summed E-state index contributed by atoms with van der Waals surface area (Å²) >= 11 is 0. The average molecular weight is 602 g/mol. The molecule has 6 aromatic carbocycles. The van der Waals surface area contributed by atoms with Crippen LogP contribution in [0.5, 0.6) is 0 Å². The molecule has 0 N–H and O–H groups in total. The Hall–Kier alpha value is -6.64. The summed E-state index contributed by atoms with van der Waals surface area (Å²) in [6.45, 7) is 0. The summed E-state index contributed by atoms with van der Waals surface area (Å²) in [4.78, 5) is 5.95. The van der Waals surface area contributed by atoms with E-state index in [1.807, 2.05) is 54.7 Å². The SMILES string of the molecule is N#Cc1ccccc1-c1ccc(-c2cc(-c3ccccc3)cc3nn(-c4ccc(-c5ccc(-c6cccnc6)cc5)cc4)nc23)cc1. The fourth-order valence-corrected chi connectivity index (χ4v) is 5.99. The second-order valence-corrected chi connectivity index (χ2v) is 11.3. The smallest absolute Gasteiger partial charge is 0.121 e. The number of rotatable bonds is 6. The maximum atomic E-state index is 9.62. The molecule has 220 valence electrons. The maximum Gasteiger partial charge on any atom is 0.121 e. The Kier molecular flexibility index (Phi) is 7.14. The molecular formula is C42H27N5. The van der Waals surface area contributed by atoms with Gasteiger partial charge in [0.2, 0.25) is 0 Å². The fourth-order valence-electron chi connectivity index (χ4n) is 5.99. The summed E-state index contributed by atoms with van der Waals surface area (Å²) in [6.07, 6.45) is 3.67. The van der Waals surface area contributed by atoms with Crippen molar-refractivity contribution < 1.29 is 0 Å². The molecule has 0 radical (unpaired) electrons. The third-order valence-corrected chi connectivity index (χ3v) is 8.46. The highest BCUT2D eigenvalue weighted by molar-refractivity contribution is 5.96. The van der Waals surface area contributed by atoms with E-state index in [1.54, 1.807) is 11.0 Å². The lowest BCUT2D eigenvalue weighted by molar-refractivity contribution is 0.766. The summed E-state index contributed by atoms with van der Waals surface area (Å²) in [5.41, 5.74) is 13.8. The summed E-state index contributed by atoms with van der Waals surface area (Å²) in [6, 6.07) is 53.8. The normalized spacial score (nSPS) is 11.0. The predicted molar refractivity (Wildman–Crippen MR) is 189 cm³/mol. The van der Waals surface area contributed by atoms with Crippen LogP contribution in [0.25, 0.3) is 72.4 Å². The highest BCUT2D eigenvalue weighted by Crippen LogP contribution is 2.35. The molecular weight excluding hydrogens is 574 g/mol. The zero-order valence-electron chi connectivity index (χ0n) is 25.3. The zero-order valence-corrected chi connectivity index (χ0v) is 25.3. The van der Waals surface area contributed by atoms with Crippen molar-refractivity contribution >= 4 is 11.0 Å². The molecule has 0 aliphatic carbocycles. The molecule has 0 amide bonds. The van der Waals surface area contributed by atoms with E-state index in [4.69, 9.17) is 10.2 Å². The first-order valence-corrected chi connectivity index (χ1v) is 15.4. The lowest BCUT2D eigenvalue weighted by atomic mass is 9.95. The lowest BCUT2D eigenvalue weighted by Crippen LogP contribution is -1.98. The van der Waals surface area contributed by atoms with Crippen LogP contribution in [0.4, 0.5) is 0 Å². The Morgan fingerprint density at radius 2 is 1.04 bits per heavy atom. The topological polar surface area (TPSA) is 67.4 Å². The summed E-state index contributed by atoms with van der Waals surface area (Å²) in [7, 11) is 0.